The Kier molecular flexibility index (Phi) is 3.61. The van der Waals surface area contributed by atoms with Gasteiger partial charge in [0, 0.05) is 25.4 Å². The predicted octanol–water partition coefficient (Wildman–Crippen LogP) is 3.34. The normalized spacial score (nSPS) is 26.6. The molecule has 2 atom stereocenters. The van der Waals surface area contributed by atoms with E-state index in [9.17, 15) is 18.0 Å². The van der Waals surface area contributed by atoms with E-state index in [1.54, 1.807) is 0 Å². The van der Waals surface area contributed by atoms with Gasteiger partial charge in [0.1, 0.15) is 6.04 Å². The first-order valence-corrected chi connectivity index (χ1v) is 7.01. The molecule has 1 aromatic carbocycles. The number of piperidine rings is 1. The van der Waals surface area contributed by atoms with Crippen molar-refractivity contribution in [3.8, 4) is 0 Å². The Balaban J connectivity index is 1.83. The van der Waals surface area contributed by atoms with Crippen LogP contribution >= 0.6 is 0 Å². The molecule has 1 aromatic rings. The number of carbonyl (C=O) groups excluding carboxylic acids is 1. The van der Waals surface area contributed by atoms with E-state index in [0.717, 1.165) is 5.56 Å². The van der Waals surface area contributed by atoms with E-state index in [0.29, 0.717) is 18.5 Å². The smallest absolute Gasteiger partial charge is 0.295 e. The third kappa shape index (κ3) is 3.02. The van der Waals surface area contributed by atoms with Crippen LogP contribution in [0.5, 0.6) is 0 Å². The zero-order valence-electron chi connectivity index (χ0n) is 11.4. The summed E-state index contributed by atoms with van der Waals surface area (Å²) >= 11 is 0. The predicted molar refractivity (Wildman–Crippen MR) is 72.5 cm³/mol. The molecule has 3 rings (SSSR count). The van der Waals surface area contributed by atoms with Crippen molar-refractivity contribution in [1.29, 1.82) is 0 Å². The second-order valence-corrected chi connectivity index (χ2v) is 5.76. The highest BCUT2D eigenvalue weighted by Crippen LogP contribution is 2.40. The topological polar surface area (TPSA) is 20.3 Å². The van der Waals surface area contributed by atoms with Gasteiger partial charge in [0.25, 0.3) is 0 Å². The Morgan fingerprint density at radius 3 is 2.52 bits per heavy atom. The minimum absolute atomic E-state index is 0.0418. The summed E-state index contributed by atoms with van der Waals surface area (Å²) in [6.07, 6.45) is -2.58. The molecule has 0 amide bonds. The molecular weight excluding hydrogens is 279 g/mol. The van der Waals surface area contributed by atoms with E-state index in [-0.39, 0.29) is 24.7 Å². The van der Waals surface area contributed by atoms with Gasteiger partial charge < -0.3 is 0 Å². The molecule has 5 heteroatoms. The summed E-state index contributed by atoms with van der Waals surface area (Å²) in [4.78, 5) is 12.9. The van der Waals surface area contributed by atoms with Gasteiger partial charge in [0.2, 0.25) is 0 Å². The molecule has 0 unspecified atom stereocenters. The van der Waals surface area contributed by atoms with Crippen LogP contribution in [-0.4, -0.2) is 29.4 Å². The van der Waals surface area contributed by atoms with Crippen LogP contribution in [0, 0.1) is 5.92 Å². The van der Waals surface area contributed by atoms with Gasteiger partial charge in [-0.1, -0.05) is 35.9 Å². The second kappa shape index (κ2) is 5.30. The maximum absolute atomic E-state index is 13.3. The van der Waals surface area contributed by atoms with Crippen LogP contribution < -0.4 is 0 Å². The number of allylic oxidation sites excluding steroid dienone is 1. The first kappa shape index (κ1) is 14.3. The molecule has 1 heterocycles. The largest absolute Gasteiger partial charge is 0.404 e. The van der Waals surface area contributed by atoms with Crippen LogP contribution in [0.15, 0.2) is 42.0 Å². The van der Waals surface area contributed by atoms with E-state index in [4.69, 9.17) is 0 Å². The van der Waals surface area contributed by atoms with Crippen molar-refractivity contribution in [2.75, 3.05) is 6.54 Å². The van der Waals surface area contributed by atoms with Crippen molar-refractivity contribution in [3.63, 3.8) is 0 Å². The van der Waals surface area contributed by atoms with Crippen LogP contribution in [0.3, 0.4) is 0 Å². The number of nitrogens with zero attached hydrogens (tertiary/aromatic N) is 1. The zero-order chi connectivity index (χ0) is 15.0. The molecule has 112 valence electrons. The van der Waals surface area contributed by atoms with Crippen molar-refractivity contribution in [2.45, 2.75) is 31.6 Å². The van der Waals surface area contributed by atoms with Gasteiger partial charge in [-0.15, -0.1) is 0 Å². The number of benzene rings is 1. The summed E-state index contributed by atoms with van der Waals surface area (Å²) < 4.78 is 39.9. The monoisotopic (exact) mass is 295 g/mol. The summed E-state index contributed by atoms with van der Waals surface area (Å²) in [6.45, 7) is 0.569. The highest BCUT2D eigenvalue weighted by Gasteiger charge is 2.48. The summed E-state index contributed by atoms with van der Waals surface area (Å²) in [5.41, 5.74) is 1.54. The van der Waals surface area contributed by atoms with E-state index < -0.39 is 12.2 Å². The summed E-state index contributed by atoms with van der Waals surface area (Å²) in [6, 6.07) is 7.67. The van der Waals surface area contributed by atoms with Gasteiger partial charge in [0.15, 0.2) is 5.78 Å². The molecule has 1 fully saturated rings. The molecule has 1 aliphatic carbocycles. The molecular formula is C16H16F3NO. The number of rotatable bonds is 2. The fraction of sp³-hybridized carbons (Fsp3) is 0.438. The molecule has 2 nitrogen and oxygen atoms in total. The van der Waals surface area contributed by atoms with Gasteiger partial charge in [-0.05, 0) is 18.1 Å². The summed E-state index contributed by atoms with van der Waals surface area (Å²) in [5, 5.41) is 0. The maximum Gasteiger partial charge on any atom is 0.404 e. The van der Waals surface area contributed by atoms with Crippen LogP contribution in [0.2, 0.25) is 0 Å². The SMILES string of the molecule is O=C1C=C2C[C@H](C(F)(F)F)N(Cc3ccccc3)C[C@@H]2C1. The Morgan fingerprint density at radius 1 is 1.14 bits per heavy atom. The molecule has 0 aromatic heterocycles. The van der Waals surface area contributed by atoms with Crippen molar-refractivity contribution in [3.05, 3.63) is 47.5 Å². The van der Waals surface area contributed by atoms with Crippen molar-refractivity contribution >= 4 is 5.78 Å². The zero-order valence-corrected chi connectivity index (χ0v) is 11.4. The number of carbonyl (C=O) groups is 1. The van der Waals surface area contributed by atoms with Crippen molar-refractivity contribution < 1.29 is 18.0 Å². The highest BCUT2D eigenvalue weighted by atomic mass is 19.4. The number of alkyl halides is 3. The number of hydrogen-bond acceptors (Lipinski definition) is 2. The molecule has 21 heavy (non-hydrogen) atoms. The van der Waals surface area contributed by atoms with Gasteiger partial charge >= 0.3 is 6.18 Å². The van der Waals surface area contributed by atoms with E-state index in [2.05, 4.69) is 0 Å². The van der Waals surface area contributed by atoms with Crippen LogP contribution in [0.4, 0.5) is 13.2 Å². The Labute approximate surface area is 121 Å². The standard InChI is InChI=1S/C16H16F3NO/c17-16(18,19)15-8-12-6-14(21)7-13(12)10-20(15)9-11-4-2-1-3-5-11/h1-6,13,15H,7-10H2/t13-,15+/m0/s1. The molecule has 0 saturated carbocycles. The lowest BCUT2D eigenvalue weighted by molar-refractivity contribution is -0.190. The molecule has 0 radical (unpaired) electrons. The first-order valence-electron chi connectivity index (χ1n) is 7.01. The summed E-state index contributed by atoms with van der Waals surface area (Å²) in [5.74, 6) is -0.0858. The molecule has 0 bridgehead atoms. The lowest BCUT2D eigenvalue weighted by Gasteiger charge is -2.40. The number of ketones is 1. The lowest BCUT2D eigenvalue weighted by Crippen LogP contribution is -2.50. The van der Waals surface area contributed by atoms with Crippen LogP contribution in [0.25, 0.3) is 0 Å². The Morgan fingerprint density at radius 2 is 1.86 bits per heavy atom. The Bertz CT molecular complexity index is 565. The minimum Gasteiger partial charge on any atom is -0.295 e. The average Bonchev–Trinajstić information content (AvgIpc) is 2.77. The Hall–Kier alpha value is -1.62. The van der Waals surface area contributed by atoms with Gasteiger partial charge in [-0.25, -0.2) is 0 Å². The quantitative estimate of drug-likeness (QED) is 0.834. The molecule has 1 aliphatic heterocycles. The van der Waals surface area contributed by atoms with E-state index in [1.165, 1.54) is 11.0 Å². The van der Waals surface area contributed by atoms with Gasteiger partial charge in [0.05, 0.1) is 0 Å². The number of halogens is 3. The van der Waals surface area contributed by atoms with Crippen molar-refractivity contribution in [2.24, 2.45) is 5.92 Å². The molecule has 0 spiro atoms. The molecule has 0 N–H and O–H groups in total. The van der Waals surface area contributed by atoms with E-state index in [1.807, 2.05) is 30.3 Å². The first-order chi connectivity index (χ1) is 9.93. The maximum atomic E-state index is 13.3. The third-order valence-corrected chi connectivity index (χ3v) is 4.25. The molecule has 1 saturated heterocycles. The van der Waals surface area contributed by atoms with Gasteiger partial charge in [-0.2, -0.15) is 13.2 Å². The van der Waals surface area contributed by atoms with Gasteiger partial charge in [-0.3, -0.25) is 9.69 Å². The fourth-order valence-corrected chi connectivity index (χ4v) is 3.24. The van der Waals surface area contributed by atoms with Crippen molar-refractivity contribution in [1.82, 2.24) is 4.90 Å². The third-order valence-electron chi connectivity index (χ3n) is 4.25. The van der Waals surface area contributed by atoms with Crippen LogP contribution in [0.1, 0.15) is 18.4 Å². The van der Waals surface area contributed by atoms with Crippen LogP contribution in [-0.2, 0) is 11.3 Å². The van der Waals surface area contributed by atoms with E-state index >= 15 is 0 Å². The number of likely N-dealkylation sites (tertiary alicyclic amines) is 1. The minimum atomic E-state index is -4.27. The second-order valence-electron chi connectivity index (χ2n) is 5.76. The number of hydrogen-bond donors (Lipinski definition) is 0. The summed E-state index contributed by atoms with van der Waals surface area (Å²) in [7, 11) is 0. The fourth-order valence-electron chi connectivity index (χ4n) is 3.24. The average molecular weight is 295 g/mol. The highest BCUT2D eigenvalue weighted by molar-refractivity contribution is 5.93. The molecule has 2 aliphatic rings. The number of fused-ring (bicyclic) bond motifs is 1. The lowest BCUT2D eigenvalue weighted by atomic mass is 9.88.